The van der Waals surface area contributed by atoms with Gasteiger partial charge >= 0.3 is 6.18 Å². The van der Waals surface area contributed by atoms with Gasteiger partial charge in [-0.25, -0.2) is 0 Å². The SMILES string of the molecule is CC(C)(CO)CNC(=O)Cc1ccc(C(F)(F)F)cc1. The van der Waals surface area contributed by atoms with Gasteiger partial charge in [0.15, 0.2) is 0 Å². The fourth-order valence-corrected chi connectivity index (χ4v) is 1.45. The third kappa shape index (κ3) is 5.21. The fraction of sp³-hybridized carbons (Fsp3) is 0.500. The number of hydrogen-bond donors (Lipinski definition) is 2. The van der Waals surface area contributed by atoms with Gasteiger partial charge in [0, 0.05) is 18.6 Å². The average Bonchev–Trinajstić information content (AvgIpc) is 2.36. The van der Waals surface area contributed by atoms with E-state index in [1.165, 1.54) is 12.1 Å². The van der Waals surface area contributed by atoms with Crippen LogP contribution >= 0.6 is 0 Å². The lowest BCUT2D eigenvalue weighted by atomic mass is 9.95. The third-order valence-corrected chi connectivity index (χ3v) is 2.84. The number of nitrogens with one attached hydrogen (secondary N) is 1. The Morgan fingerprint density at radius 2 is 1.75 bits per heavy atom. The highest BCUT2D eigenvalue weighted by Crippen LogP contribution is 2.29. The number of rotatable bonds is 5. The Kier molecular flexibility index (Phi) is 5.16. The molecule has 0 spiro atoms. The van der Waals surface area contributed by atoms with Crippen molar-refractivity contribution in [1.29, 1.82) is 0 Å². The van der Waals surface area contributed by atoms with E-state index in [2.05, 4.69) is 5.32 Å². The Bertz CT molecular complexity index is 452. The molecule has 0 saturated heterocycles. The van der Waals surface area contributed by atoms with Crippen LogP contribution in [-0.2, 0) is 17.4 Å². The molecular weight excluding hydrogens is 271 g/mol. The molecule has 0 fully saturated rings. The fourth-order valence-electron chi connectivity index (χ4n) is 1.45. The summed E-state index contributed by atoms with van der Waals surface area (Å²) < 4.78 is 37.1. The first-order chi connectivity index (χ1) is 9.14. The lowest BCUT2D eigenvalue weighted by molar-refractivity contribution is -0.137. The molecule has 6 heteroatoms. The van der Waals surface area contributed by atoms with Gasteiger partial charge in [-0.3, -0.25) is 4.79 Å². The Morgan fingerprint density at radius 1 is 1.20 bits per heavy atom. The zero-order chi connectivity index (χ0) is 15.4. The molecule has 1 rings (SSSR count). The Labute approximate surface area is 115 Å². The van der Waals surface area contributed by atoms with Gasteiger partial charge < -0.3 is 10.4 Å². The monoisotopic (exact) mass is 289 g/mol. The molecule has 3 nitrogen and oxygen atoms in total. The lowest BCUT2D eigenvalue weighted by Crippen LogP contribution is -2.36. The van der Waals surface area contributed by atoms with E-state index in [0.29, 0.717) is 12.1 Å². The first-order valence-electron chi connectivity index (χ1n) is 6.18. The summed E-state index contributed by atoms with van der Waals surface area (Å²) in [6.45, 7) is 3.84. The standard InChI is InChI=1S/C14H18F3NO2/c1-13(2,9-19)8-18-12(20)7-10-3-5-11(6-4-10)14(15,16)17/h3-6,19H,7-9H2,1-2H3,(H,18,20). The second kappa shape index (κ2) is 6.26. The Morgan fingerprint density at radius 3 is 2.20 bits per heavy atom. The Balaban J connectivity index is 2.55. The second-order valence-electron chi connectivity index (χ2n) is 5.47. The maximum Gasteiger partial charge on any atom is 0.416 e. The molecule has 1 aromatic carbocycles. The number of amides is 1. The minimum atomic E-state index is -4.37. The van der Waals surface area contributed by atoms with E-state index in [1.54, 1.807) is 13.8 Å². The largest absolute Gasteiger partial charge is 0.416 e. The van der Waals surface area contributed by atoms with Crippen LogP contribution in [0.1, 0.15) is 25.0 Å². The topological polar surface area (TPSA) is 49.3 Å². The van der Waals surface area contributed by atoms with Crippen molar-refractivity contribution in [3.63, 3.8) is 0 Å². The van der Waals surface area contributed by atoms with Gasteiger partial charge in [0.25, 0.3) is 0 Å². The van der Waals surface area contributed by atoms with E-state index in [9.17, 15) is 18.0 Å². The normalized spacial score (nSPS) is 12.3. The average molecular weight is 289 g/mol. The molecule has 0 bridgehead atoms. The summed E-state index contributed by atoms with van der Waals surface area (Å²) in [4.78, 5) is 11.6. The van der Waals surface area contributed by atoms with Crippen molar-refractivity contribution in [2.75, 3.05) is 13.2 Å². The molecule has 0 unspecified atom stereocenters. The molecule has 0 radical (unpaired) electrons. The number of carbonyl (C=O) groups is 1. The van der Waals surface area contributed by atoms with Crippen LogP contribution in [0.2, 0.25) is 0 Å². The van der Waals surface area contributed by atoms with Gasteiger partial charge in [-0.2, -0.15) is 13.2 Å². The van der Waals surface area contributed by atoms with Crippen molar-refractivity contribution >= 4 is 5.91 Å². The second-order valence-corrected chi connectivity index (χ2v) is 5.47. The van der Waals surface area contributed by atoms with E-state index >= 15 is 0 Å². The molecule has 0 aliphatic carbocycles. The van der Waals surface area contributed by atoms with Crippen molar-refractivity contribution < 1.29 is 23.1 Å². The van der Waals surface area contributed by atoms with Crippen LogP contribution in [0.4, 0.5) is 13.2 Å². The molecule has 112 valence electrons. The maximum absolute atomic E-state index is 12.4. The zero-order valence-electron chi connectivity index (χ0n) is 11.4. The zero-order valence-corrected chi connectivity index (χ0v) is 11.4. The van der Waals surface area contributed by atoms with Crippen molar-refractivity contribution in [2.45, 2.75) is 26.4 Å². The van der Waals surface area contributed by atoms with Crippen LogP contribution in [0.15, 0.2) is 24.3 Å². The molecule has 20 heavy (non-hydrogen) atoms. The molecule has 0 aromatic heterocycles. The van der Waals surface area contributed by atoms with Crippen molar-refractivity contribution in [2.24, 2.45) is 5.41 Å². The van der Waals surface area contributed by atoms with Crippen LogP contribution < -0.4 is 5.32 Å². The molecule has 0 heterocycles. The highest BCUT2D eigenvalue weighted by atomic mass is 19.4. The number of benzene rings is 1. The maximum atomic E-state index is 12.4. The predicted octanol–water partition coefficient (Wildman–Crippen LogP) is 2.38. The molecule has 1 aromatic rings. The summed E-state index contributed by atoms with van der Waals surface area (Å²) in [7, 11) is 0. The molecule has 2 N–H and O–H groups in total. The van der Waals surface area contributed by atoms with Crippen molar-refractivity contribution in [1.82, 2.24) is 5.32 Å². The molecule has 0 aliphatic heterocycles. The molecule has 1 amide bonds. The Hall–Kier alpha value is -1.56. The molecule has 0 atom stereocenters. The van der Waals surface area contributed by atoms with E-state index < -0.39 is 17.2 Å². The summed E-state index contributed by atoms with van der Waals surface area (Å²) >= 11 is 0. The van der Waals surface area contributed by atoms with Crippen molar-refractivity contribution in [3.05, 3.63) is 35.4 Å². The first-order valence-corrected chi connectivity index (χ1v) is 6.18. The van der Waals surface area contributed by atoms with E-state index in [0.717, 1.165) is 12.1 Å². The predicted molar refractivity (Wildman–Crippen MR) is 69.0 cm³/mol. The van der Waals surface area contributed by atoms with Crippen LogP contribution in [-0.4, -0.2) is 24.2 Å². The highest BCUT2D eigenvalue weighted by Gasteiger charge is 2.30. The number of alkyl halides is 3. The van der Waals surface area contributed by atoms with Crippen LogP contribution in [0.3, 0.4) is 0 Å². The van der Waals surface area contributed by atoms with Gasteiger partial charge in [0.2, 0.25) is 5.91 Å². The number of carbonyl (C=O) groups excluding carboxylic acids is 1. The first kappa shape index (κ1) is 16.5. The van der Waals surface area contributed by atoms with E-state index in [-0.39, 0.29) is 18.9 Å². The summed E-state index contributed by atoms with van der Waals surface area (Å²) in [5.41, 5.74) is -0.643. The van der Waals surface area contributed by atoms with Gasteiger partial charge in [-0.05, 0) is 17.7 Å². The summed E-state index contributed by atoms with van der Waals surface area (Å²) in [5, 5.41) is 11.7. The molecular formula is C14H18F3NO2. The number of halogens is 3. The quantitative estimate of drug-likeness (QED) is 0.874. The van der Waals surface area contributed by atoms with Gasteiger partial charge in [-0.1, -0.05) is 26.0 Å². The minimum Gasteiger partial charge on any atom is -0.396 e. The number of aliphatic hydroxyl groups excluding tert-OH is 1. The molecule has 0 saturated carbocycles. The number of hydrogen-bond acceptors (Lipinski definition) is 2. The van der Waals surface area contributed by atoms with Crippen molar-refractivity contribution in [3.8, 4) is 0 Å². The summed E-state index contributed by atoms with van der Waals surface area (Å²) in [6, 6.07) is 4.50. The van der Waals surface area contributed by atoms with Gasteiger partial charge in [-0.15, -0.1) is 0 Å². The van der Waals surface area contributed by atoms with Crippen LogP contribution in [0, 0.1) is 5.41 Å². The third-order valence-electron chi connectivity index (χ3n) is 2.84. The summed E-state index contributed by atoms with van der Waals surface area (Å²) in [5.74, 6) is -0.286. The number of aliphatic hydroxyl groups is 1. The van der Waals surface area contributed by atoms with E-state index in [4.69, 9.17) is 5.11 Å². The summed E-state index contributed by atoms with van der Waals surface area (Å²) in [6.07, 6.45) is -4.36. The smallest absolute Gasteiger partial charge is 0.396 e. The van der Waals surface area contributed by atoms with Gasteiger partial charge in [0.05, 0.1) is 12.0 Å². The van der Waals surface area contributed by atoms with Crippen LogP contribution in [0.5, 0.6) is 0 Å². The molecule has 0 aliphatic rings. The van der Waals surface area contributed by atoms with E-state index in [1.807, 2.05) is 0 Å². The van der Waals surface area contributed by atoms with Crippen LogP contribution in [0.25, 0.3) is 0 Å². The lowest BCUT2D eigenvalue weighted by Gasteiger charge is -2.21. The highest BCUT2D eigenvalue weighted by molar-refractivity contribution is 5.78. The van der Waals surface area contributed by atoms with Gasteiger partial charge in [0.1, 0.15) is 0 Å². The minimum absolute atomic E-state index is 0.0135.